The maximum atomic E-state index is 11.6. The highest BCUT2D eigenvalue weighted by molar-refractivity contribution is 5.78. The van der Waals surface area contributed by atoms with E-state index < -0.39 is 0 Å². The highest BCUT2D eigenvalue weighted by Gasteiger charge is 2.15. The van der Waals surface area contributed by atoms with Gasteiger partial charge in [0, 0.05) is 19.4 Å². The van der Waals surface area contributed by atoms with Gasteiger partial charge in [-0.25, -0.2) is 0 Å². The molecule has 1 unspecified atom stereocenters. The van der Waals surface area contributed by atoms with Gasteiger partial charge >= 0.3 is 0 Å². The van der Waals surface area contributed by atoms with Crippen molar-refractivity contribution in [2.75, 3.05) is 6.61 Å². The summed E-state index contributed by atoms with van der Waals surface area (Å²) in [5.74, 6) is 1.14. The van der Waals surface area contributed by atoms with Gasteiger partial charge in [0.2, 0.25) is 0 Å². The summed E-state index contributed by atoms with van der Waals surface area (Å²) in [6.07, 6.45) is 8.65. The molecule has 1 aliphatic rings. The number of hydrogen-bond donors (Lipinski definition) is 0. The fraction of sp³-hybridized carbons (Fsp3) is 0.929. The standard InChI is InChI=1S/C14H26O2/c1-12(2)6-5-7-13(15)9-10-14-8-3-4-11-16-14/h12,14H,3-11H2,1-2H3. The highest BCUT2D eigenvalue weighted by Crippen LogP contribution is 2.18. The Morgan fingerprint density at radius 3 is 2.75 bits per heavy atom. The van der Waals surface area contributed by atoms with Crippen LogP contribution in [0.3, 0.4) is 0 Å². The Kier molecular flexibility index (Phi) is 6.70. The minimum atomic E-state index is 0.364. The van der Waals surface area contributed by atoms with E-state index in [2.05, 4.69) is 13.8 Å². The van der Waals surface area contributed by atoms with Crippen molar-refractivity contribution in [2.24, 2.45) is 5.92 Å². The fourth-order valence-electron chi connectivity index (χ4n) is 2.19. The lowest BCUT2D eigenvalue weighted by atomic mass is 10.00. The van der Waals surface area contributed by atoms with E-state index in [0.717, 1.165) is 44.6 Å². The Labute approximate surface area is 99.8 Å². The first kappa shape index (κ1) is 13.7. The van der Waals surface area contributed by atoms with E-state index in [0.29, 0.717) is 11.9 Å². The van der Waals surface area contributed by atoms with Gasteiger partial charge in [-0.3, -0.25) is 4.79 Å². The lowest BCUT2D eigenvalue weighted by molar-refractivity contribution is -0.120. The molecule has 0 spiro atoms. The van der Waals surface area contributed by atoms with Crippen molar-refractivity contribution in [3.05, 3.63) is 0 Å². The van der Waals surface area contributed by atoms with Gasteiger partial charge in [0.15, 0.2) is 0 Å². The molecule has 1 atom stereocenters. The minimum Gasteiger partial charge on any atom is -0.378 e. The van der Waals surface area contributed by atoms with Crippen LogP contribution in [0.1, 0.15) is 65.2 Å². The van der Waals surface area contributed by atoms with E-state index in [1.807, 2.05) is 0 Å². The molecule has 0 bridgehead atoms. The van der Waals surface area contributed by atoms with Crippen molar-refractivity contribution in [2.45, 2.75) is 71.3 Å². The van der Waals surface area contributed by atoms with Crippen LogP contribution in [0.15, 0.2) is 0 Å². The van der Waals surface area contributed by atoms with Crippen LogP contribution in [-0.2, 0) is 9.53 Å². The second-order valence-corrected chi connectivity index (χ2v) is 5.35. The van der Waals surface area contributed by atoms with Crippen LogP contribution in [-0.4, -0.2) is 18.5 Å². The molecule has 94 valence electrons. The van der Waals surface area contributed by atoms with Crippen molar-refractivity contribution in [3.8, 4) is 0 Å². The van der Waals surface area contributed by atoms with Crippen LogP contribution in [0.25, 0.3) is 0 Å². The van der Waals surface area contributed by atoms with Crippen molar-refractivity contribution in [3.63, 3.8) is 0 Å². The molecular formula is C14H26O2. The van der Waals surface area contributed by atoms with Gasteiger partial charge in [-0.2, -0.15) is 0 Å². The van der Waals surface area contributed by atoms with Crippen LogP contribution in [0.4, 0.5) is 0 Å². The summed E-state index contributed by atoms with van der Waals surface area (Å²) in [7, 11) is 0. The van der Waals surface area contributed by atoms with Gasteiger partial charge in [0.25, 0.3) is 0 Å². The second kappa shape index (κ2) is 7.83. The molecule has 0 radical (unpaired) electrons. The molecule has 2 heteroatoms. The van der Waals surface area contributed by atoms with Crippen LogP contribution < -0.4 is 0 Å². The van der Waals surface area contributed by atoms with Gasteiger partial charge in [-0.1, -0.05) is 20.3 Å². The Balaban J connectivity index is 2.00. The maximum Gasteiger partial charge on any atom is 0.133 e. The number of ether oxygens (including phenoxy) is 1. The Morgan fingerprint density at radius 1 is 1.31 bits per heavy atom. The topological polar surface area (TPSA) is 26.3 Å². The van der Waals surface area contributed by atoms with Gasteiger partial charge < -0.3 is 4.74 Å². The second-order valence-electron chi connectivity index (χ2n) is 5.35. The van der Waals surface area contributed by atoms with Crippen LogP contribution >= 0.6 is 0 Å². The zero-order valence-electron chi connectivity index (χ0n) is 10.8. The minimum absolute atomic E-state index is 0.364. The summed E-state index contributed by atoms with van der Waals surface area (Å²) in [5.41, 5.74) is 0. The zero-order valence-corrected chi connectivity index (χ0v) is 10.8. The van der Waals surface area contributed by atoms with E-state index in [-0.39, 0.29) is 0 Å². The smallest absolute Gasteiger partial charge is 0.133 e. The number of ketones is 1. The van der Waals surface area contributed by atoms with E-state index in [1.165, 1.54) is 19.3 Å². The first-order valence-corrected chi connectivity index (χ1v) is 6.82. The molecule has 0 amide bonds. The molecule has 1 saturated heterocycles. The average molecular weight is 226 g/mol. The Morgan fingerprint density at radius 2 is 2.12 bits per heavy atom. The van der Waals surface area contributed by atoms with Crippen molar-refractivity contribution in [1.82, 2.24) is 0 Å². The summed E-state index contributed by atoms with van der Waals surface area (Å²) in [6.45, 7) is 5.31. The third kappa shape index (κ3) is 6.26. The summed E-state index contributed by atoms with van der Waals surface area (Å²) in [6, 6.07) is 0. The fourth-order valence-corrected chi connectivity index (χ4v) is 2.19. The van der Waals surface area contributed by atoms with Crippen molar-refractivity contribution in [1.29, 1.82) is 0 Å². The largest absolute Gasteiger partial charge is 0.378 e. The van der Waals surface area contributed by atoms with E-state index >= 15 is 0 Å². The summed E-state index contributed by atoms with van der Waals surface area (Å²) < 4.78 is 5.62. The molecule has 0 aliphatic carbocycles. The molecule has 0 N–H and O–H groups in total. The van der Waals surface area contributed by atoms with E-state index in [1.54, 1.807) is 0 Å². The van der Waals surface area contributed by atoms with Crippen LogP contribution in [0.5, 0.6) is 0 Å². The zero-order chi connectivity index (χ0) is 11.8. The third-order valence-corrected chi connectivity index (χ3v) is 3.26. The number of carbonyl (C=O) groups is 1. The average Bonchev–Trinajstić information content (AvgIpc) is 2.27. The predicted octanol–water partition coefficient (Wildman–Crippen LogP) is 3.73. The van der Waals surface area contributed by atoms with E-state index in [9.17, 15) is 4.79 Å². The number of hydrogen-bond acceptors (Lipinski definition) is 2. The highest BCUT2D eigenvalue weighted by atomic mass is 16.5. The Hall–Kier alpha value is -0.370. The van der Waals surface area contributed by atoms with Crippen LogP contribution in [0.2, 0.25) is 0 Å². The first-order valence-electron chi connectivity index (χ1n) is 6.82. The van der Waals surface area contributed by atoms with Gasteiger partial charge in [-0.15, -0.1) is 0 Å². The molecule has 1 aliphatic heterocycles. The lowest BCUT2D eigenvalue weighted by Crippen LogP contribution is -2.19. The van der Waals surface area contributed by atoms with Gasteiger partial charge in [0.1, 0.15) is 5.78 Å². The molecule has 1 heterocycles. The van der Waals surface area contributed by atoms with Crippen molar-refractivity contribution < 1.29 is 9.53 Å². The van der Waals surface area contributed by atoms with Gasteiger partial charge in [-0.05, 0) is 38.0 Å². The molecule has 0 aromatic rings. The van der Waals surface area contributed by atoms with Crippen LogP contribution in [0, 0.1) is 5.92 Å². The molecule has 1 rings (SSSR count). The maximum absolute atomic E-state index is 11.6. The SMILES string of the molecule is CC(C)CCCC(=O)CCC1CCCCO1. The Bertz CT molecular complexity index is 193. The number of carbonyl (C=O) groups excluding carboxylic acids is 1. The third-order valence-electron chi connectivity index (χ3n) is 3.26. The first-order chi connectivity index (χ1) is 7.68. The molecule has 1 fully saturated rings. The molecule has 16 heavy (non-hydrogen) atoms. The van der Waals surface area contributed by atoms with Gasteiger partial charge in [0.05, 0.1) is 6.10 Å². The summed E-state index contributed by atoms with van der Waals surface area (Å²) in [5, 5.41) is 0. The summed E-state index contributed by atoms with van der Waals surface area (Å²) in [4.78, 5) is 11.6. The lowest BCUT2D eigenvalue weighted by Gasteiger charge is -2.22. The molecule has 0 saturated carbocycles. The molecule has 0 aromatic heterocycles. The molecular weight excluding hydrogens is 200 g/mol. The monoisotopic (exact) mass is 226 g/mol. The quantitative estimate of drug-likeness (QED) is 0.661. The predicted molar refractivity (Wildman–Crippen MR) is 66.5 cm³/mol. The normalized spacial score (nSPS) is 21.3. The number of Topliss-reactive ketones (excluding diaryl/α,β-unsaturated/α-hetero) is 1. The van der Waals surface area contributed by atoms with E-state index in [4.69, 9.17) is 4.74 Å². The summed E-state index contributed by atoms with van der Waals surface area (Å²) >= 11 is 0. The van der Waals surface area contributed by atoms with Crippen molar-refractivity contribution >= 4 is 5.78 Å². The molecule has 2 nitrogen and oxygen atoms in total. The molecule has 0 aromatic carbocycles. The number of rotatable bonds is 7.